The van der Waals surface area contributed by atoms with Crippen LogP contribution in [0.4, 0.5) is 0 Å². The van der Waals surface area contributed by atoms with Crippen LogP contribution in [-0.4, -0.2) is 4.92 Å². The zero-order valence-corrected chi connectivity index (χ0v) is 13.1. The largest absolute Gasteiger partial charge is 1.00 e. The Morgan fingerprint density at radius 1 is 1.47 bits per heavy atom. The molecule has 0 aliphatic rings. The molecular formula is C9H9KNO2S2+. The molecule has 0 aliphatic carbocycles. The minimum atomic E-state index is -0.500. The van der Waals surface area contributed by atoms with Crippen LogP contribution in [0.25, 0.3) is 0 Å². The first-order valence-corrected chi connectivity index (χ1v) is 5.33. The smallest absolute Gasteiger partial charge is 0.259 e. The fourth-order valence-electron chi connectivity index (χ4n) is 0.859. The second-order valence-electron chi connectivity index (χ2n) is 2.53. The second-order valence-corrected chi connectivity index (χ2v) is 4.33. The molecule has 0 N–H and O–H groups in total. The minimum absolute atomic E-state index is 0. The van der Waals surface area contributed by atoms with Gasteiger partial charge in [-0.25, -0.2) is 0 Å². The summed E-state index contributed by atoms with van der Waals surface area (Å²) < 4.78 is 0.416. The molecule has 0 radical (unpaired) electrons. The third-order valence-electron chi connectivity index (χ3n) is 1.45. The third-order valence-corrected chi connectivity index (χ3v) is 2.83. The molecular weight excluding hydrogens is 257 g/mol. The van der Waals surface area contributed by atoms with Crippen LogP contribution in [-0.2, 0) is 5.75 Å². The summed E-state index contributed by atoms with van der Waals surface area (Å²) in [4.78, 5) is 9.59. The summed E-state index contributed by atoms with van der Waals surface area (Å²) in [5.41, 5.74) is 1.13. The van der Waals surface area contributed by atoms with E-state index in [0.717, 1.165) is 11.8 Å². The van der Waals surface area contributed by atoms with Gasteiger partial charge in [-0.3, -0.25) is 10.1 Å². The van der Waals surface area contributed by atoms with Crippen molar-refractivity contribution in [3.8, 4) is 0 Å². The number of rotatable bonds is 4. The van der Waals surface area contributed by atoms with Crippen molar-refractivity contribution >= 4 is 24.4 Å². The molecule has 6 heteroatoms. The van der Waals surface area contributed by atoms with Gasteiger partial charge >= 0.3 is 51.4 Å². The fourth-order valence-corrected chi connectivity index (χ4v) is 1.81. The Bertz CT molecular complexity index is 343. The first-order valence-electron chi connectivity index (χ1n) is 3.89. The zero-order chi connectivity index (χ0) is 10.4. The van der Waals surface area contributed by atoms with Crippen LogP contribution < -0.4 is 51.4 Å². The van der Waals surface area contributed by atoms with Crippen molar-refractivity contribution in [1.82, 2.24) is 0 Å². The maximum absolute atomic E-state index is 10.1. The van der Waals surface area contributed by atoms with Crippen molar-refractivity contribution in [2.24, 2.45) is 0 Å². The monoisotopic (exact) mass is 266 g/mol. The van der Waals surface area contributed by atoms with Gasteiger partial charge in [0, 0.05) is 5.75 Å². The number of hydrogen-bond donors (Lipinski definition) is 1. The van der Waals surface area contributed by atoms with Gasteiger partial charge in [-0.15, -0.1) is 24.4 Å². The van der Waals surface area contributed by atoms with E-state index in [1.54, 1.807) is 0 Å². The van der Waals surface area contributed by atoms with Crippen molar-refractivity contribution in [3.63, 3.8) is 0 Å². The van der Waals surface area contributed by atoms with E-state index in [2.05, 4.69) is 12.6 Å². The quantitative estimate of drug-likeness (QED) is 0.359. The van der Waals surface area contributed by atoms with E-state index in [1.165, 1.54) is 11.8 Å². The number of thiol groups is 1. The summed E-state index contributed by atoms with van der Waals surface area (Å²) in [6, 6.07) is 9.75. The number of nitro groups is 1. The molecule has 1 rings (SSSR count). The molecule has 0 saturated heterocycles. The average molecular weight is 266 g/mol. The molecule has 15 heavy (non-hydrogen) atoms. The van der Waals surface area contributed by atoms with Crippen LogP contribution in [0.5, 0.6) is 0 Å². The molecule has 0 aliphatic heterocycles. The zero-order valence-electron chi connectivity index (χ0n) is 8.29. The van der Waals surface area contributed by atoms with Gasteiger partial charge in [-0.05, 0) is 5.56 Å². The van der Waals surface area contributed by atoms with E-state index >= 15 is 0 Å². The van der Waals surface area contributed by atoms with Gasteiger partial charge < -0.3 is 0 Å². The molecule has 0 saturated carbocycles. The van der Waals surface area contributed by atoms with Crippen LogP contribution in [0.3, 0.4) is 0 Å². The Morgan fingerprint density at radius 2 is 2.07 bits per heavy atom. The number of nitrogens with zero attached hydrogens (tertiary/aromatic N) is 1. The van der Waals surface area contributed by atoms with Crippen molar-refractivity contribution in [1.29, 1.82) is 0 Å². The van der Waals surface area contributed by atoms with Crippen molar-refractivity contribution in [3.05, 3.63) is 56.4 Å². The molecule has 0 fully saturated rings. The molecule has 1 aromatic rings. The Balaban J connectivity index is 0.00000196. The predicted molar refractivity (Wildman–Crippen MR) is 61.8 cm³/mol. The van der Waals surface area contributed by atoms with Crippen molar-refractivity contribution < 1.29 is 56.3 Å². The fraction of sp³-hybridized carbons (Fsp3) is 0.111. The van der Waals surface area contributed by atoms with Crippen LogP contribution in [0.2, 0.25) is 0 Å². The summed E-state index contributed by atoms with van der Waals surface area (Å²) in [5, 5.41) is 10.1. The maximum Gasteiger partial charge on any atom is 1.00 e. The van der Waals surface area contributed by atoms with E-state index in [0.29, 0.717) is 9.99 Å². The Hall–Kier alpha value is 0.696. The van der Waals surface area contributed by atoms with Gasteiger partial charge in [-0.2, -0.15) is 0 Å². The van der Waals surface area contributed by atoms with Gasteiger partial charge in [0.2, 0.25) is 0 Å². The normalized spacial score (nSPS) is 10.6. The molecule has 0 atom stereocenters. The third kappa shape index (κ3) is 7.56. The van der Waals surface area contributed by atoms with Crippen LogP contribution in [0, 0.1) is 10.1 Å². The van der Waals surface area contributed by atoms with Gasteiger partial charge in [-0.1, -0.05) is 30.3 Å². The molecule has 0 aromatic heterocycles. The van der Waals surface area contributed by atoms with Crippen LogP contribution in [0.1, 0.15) is 5.56 Å². The van der Waals surface area contributed by atoms with Gasteiger partial charge in [0.1, 0.15) is 4.24 Å². The molecule has 0 amide bonds. The standard InChI is InChI=1S/C9H9NO2S2.K/c11-10(12)6-9(13)14-7-8-4-2-1-3-5-8;/h1-6,13H,7H2;/q;+1. The number of hydrogen-bond acceptors (Lipinski definition) is 4. The summed E-state index contributed by atoms with van der Waals surface area (Å²) in [6.07, 6.45) is 0.900. The van der Waals surface area contributed by atoms with E-state index in [1.807, 2.05) is 30.3 Å². The van der Waals surface area contributed by atoms with Crippen LogP contribution in [0.15, 0.2) is 40.8 Å². The van der Waals surface area contributed by atoms with Gasteiger partial charge in [0.15, 0.2) is 0 Å². The average Bonchev–Trinajstić information content (AvgIpc) is 2.15. The van der Waals surface area contributed by atoms with Gasteiger partial charge in [0.25, 0.3) is 6.20 Å². The molecule has 3 nitrogen and oxygen atoms in total. The Labute approximate surface area is 141 Å². The van der Waals surface area contributed by atoms with Crippen molar-refractivity contribution in [2.45, 2.75) is 5.75 Å². The molecule has 74 valence electrons. The first-order chi connectivity index (χ1) is 6.68. The predicted octanol–water partition coefficient (Wildman–Crippen LogP) is -0.0708. The summed E-state index contributed by atoms with van der Waals surface area (Å²) in [6.45, 7) is 0. The molecule has 1 aromatic carbocycles. The number of benzene rings is 1. The van der Waals surface area contributed by atoms with Gasteiger partial charge in [0.05, 0.1) is 4.92 Å². The van der Waals surface area contributed by atoms with Crippen LogP contribution >= 0.6 is 24.4 Å². The second kappa shape index (κ2) is 8.80. The summed E-state index contributed by atoms with van der Waals surface area (Å²) >= 11 is 5.32. The van der Waals surface area contributed by atoms with E-state index in [9.17, 15) is 10.1 Å². The maximum atomic E-state index is 10.1. The Kier molecular flexibility index (Phi) is 9.21. The molecule has 0 unspecified atom stereocenters. The Morgan fingerprint density at radius 3 is 2.60 bits per heavy atom. The van der Waals surface area contributed by atoms with E-state index < -0.39 is 4.92 Å². The molecule has 0 heterocycles. The number of thioether (sulfide) groups is 1. The summed E-state index contributed by atoms with van der Waals surface area (Å²) in [5.74, 6) is 0.698. The topological polar surface area (TPSA) is 43.1 Å². The van der Waals surface area contributed by atoms with E-state index in [4.69, 9.17) is 0 Å². The SMILES string of the molecule is O=[N+]([O-])C=C(S)SCc1ccccc1.[K+]. The van der Waals surface area contributed by atoms with Crippen molar-refractivity contribution in [2.75, 3.05) is 0 Å². The molecule has 0 bridgehead atoms. The minimum Gasteiger partial charge on any atom is -0.259 e. The molecule has 0 spiro atoms. The van der Waals surface area contributed by atoms with E-state index in [-0.39, 0.29) is 51.4 Å². The summed E-state index contributed by atoms with van der Waals surface area (Å²) in [7, 11) is 0. The first kappa shape index (κ1) is 15.7.